The lowest BCUT2D eigenvalue weighted by Crippen LogP contribution is -2.29. The van der Waals surface area contributed by atoms with Gasteiger partial charge in [-0.25, -0.2) is 4.90 Å². The van der Waals surface area contributed by atoms with Crippen LogP contribution in [0.5, 0.6) is 0 Å². The normalized spacial score (nSPS) is 13.2. The molecule has 8 aromatic rings. The van der Waals surface area contributed by atoms with Crippen LogP contribution in [0.3, 0.4) is 0 Å². The Morgan fingerprint density at radius 3 is 1.69 bits per heavy atom. The summed E-state index contributed by atoms with van der Waals surface area (Å²) in [6.45, 7) is 3.87. The monoisotopic (exact) mass is 780 g/mol. The maximum Gasteiger partial charge on any atom is 0.417 e. The summed E-state index contributed by atoms with van der Waals surface area (Å²) in [4.78, 5) is 29.8. The summed E-state index contributed by atoms with van der Waals surface area (Å²) in [5.74, 6) is -1.12. The summed E-state index contributed by atoms with van der Waals surface area (Å²) < 4.78 is 87.6. The summed E-state index contributed by atoms with van der Waals surface area (Å²) in [5, 5.41) is 0.858. The predicted octanol–water partition coefficient (Wildman–Crippen LogP) is 13.2. The maximum absolute atomic E-state index is 14.8. The van der Waals surface area contributed by atoms with E-state index in [4.69, 9.17) is 0 Å². The number of hydrogen-bond acceptors (Lipinski definition) is 2. The molecule has 7 aromatic carbocycles. The van der Waals surface area contributed by atoms with E-state index in [0.717, 1.165) is 38.8 Å². The van der Waals surface area contributed by atoms with Crippen LogP contribution < -0.4 is 4.90 Å². The zero-order valence-electron chi connectivity index (χ0n) is 30.8. The van der Waals surface area contributed by atoms with E-state index in [0.29, 0.717) is 44.8 Å². The number of anilines is 1. The van der Waals surface area contributed by atoms with Crippen LogP contribution >= 0.6 is 0 Å². The number of amides is 2. The van der Waals surface area contributed by atoms with Gasteiger partial charge < -0.3 is 4.57 Å². The Labute approximate surface area is 328 Å². The van der Waals surface area contributed by atoms with E-state index < -0.39 is 40.9 Å². The molecule has 4 nitrogen and oxygen atoms in total. The van der Waals surface area contributed by atoms with Crippen molar-refractivity contribution in [2.75, 3.05) is 4.90 Å². The summed E-state index contributed by atoms with van der Waals surface area (Å²) in [5.41, 5.74) is 3.80. The fourth-order valence-electron chi connectivity index (χ4n) is 8.24. The van der Waals surface area contributed by atoms with Gasteiger partial charge in [0.2, 0.25) is 0 Å². The van der Waals surface area contributed by atoms with Gasteiger partial charge in [0.15, 0.2) is 0 Å². The van der Waals surface area contributed by atoms with E-state index in [1.165, 1.54) is 6.07 Å². The second kappa shape index (κ2) is 13.3. The highest BCUT2D eigenvalue weighted by Crippen LogP contribution is 2.48. The molecule has 10 heteroatoms. The van der Waals surface area contributed by atoms with Gasteiger partial charge in [0.1, 0.15) is 0 Å². The number of aryl methyl sites for hydroxylation is 2. The molecule has 0 aliphatic carbocycles. The Kier molecular flexibility index (Phi) is 8.43. The van der Waals surface area contributed by atoms with Gasteiger partial charge in [-0.15, -0.1) is 0 Å². The Morgan fingerprint density at radius 2 is 1.07 bits per heavy atom. The van der Waals surface area contributed by atoms with Crippen molar-refractivity contribution in [3.05, 3.63) is 179 Å². The van der Waals surface area contributed by atoms with Gasteiger partial charge in [-0.1, -0.05) is 103 Å². The van der Waals surface area contributed by atoms with Crippen LogP contribution in [-0.4, -0.2) is 16.4 Å². The molecule has 0 unspecified atom stereocenters. The molecule has 286 valence electrons. The first-order chi connectivity index (χ1) is 27.7. The molecule has 1 aliphatic rings. The van der Waals surface area contributed by atoms with Crippen LogP contribution in [0.25, 0.3) is 60.9 Å². The molecule has 9 rings (SSSR count). The zero-order chi connectivity index (χ0) is 40.7. The minimum Gasteiger partial charge on any atom is -0.308 e. The topological polar surface area (TPSA) is 42.3 Å². The van der Waals surface area contributed by atoms with Crippen molar-refractivity contribution in [3.8, 4) is 39.1 Å². The summed E-state index contributed by atoms with van der Waals surface area (Å²) in [6, 6.07) is 39.2. The lowest BCUT2D eigenvalue weighted by Gasteiger charge is -2.17. The summed E-state index contributed by atoms with van der Waals surface area (Å²) in [6.07, 6.45) is -10.1. The molecule has 58 heavy (non-hydrogen) atoms. The lowest BCUT2D eigenvalue weighted by atomic mass is 9.90. The third-order valence-corrected chi connectivity index (χ3v) is 10.8. The van der Waals surface area contributed by atoms with Gasteiger partial charge in [0.25, 0.3) is 11.8 Å². The maximum atomic E-state index is 14.8. The van der Waals surface area contributed by atoms with Crippen LogP contribution in [-0.2, 0) is 12.4 Å². The molecule has 0 N–H and O–H groups in total. The van der Waals surface area contributed by atoms with Crippen molar-refractivity contribution < 1.29 is 35.9 Å². The third-order valence-electron chi connectivity index (χ3n) is 10.8. The fraction of sp³-hybridized carbons (Fsp3) is 0.0833. The first kappa shape index (κ1) is 36.7. The van der Waals surface area contributed by atoms with Crippen molar-refractivity contribution in [1.29, 1.82) is 0 Å². The van der Waals surface area contributed by atoms with Crippen LogP contribution in [0.15, 0.2) is 146 Å². The first-order valence-electron chi connectivity index (χ1n) is 18.3. The van der Waals surface area contributed by atoms with E-state index in [1.54, 1.807) is 53.1 Å². The standard InChI is InChI=1S/C48H30F6N2O2/c1-27-17-23-33(28(2)25-27)35-11-6-14-39-42(35)43-36(34-24-20-31(47(49,50)51)26-38(34)48(52,53)54)12-7-15-40(43)56(39)41-16-8-13-37-44(41)46(58)55(45(37)57)32-21-18-30(19-22-32)29-9-4-3-5-10-29/h3-26H,1-2H3. The molecule has 0 atom stereocenters. The van der Waals surface area contributed by atoms with Gasteiger partial charge in [-0.05, 0) is 101 Å². The number of alkyl halides is 6. The van der Waals surface area contributed by atoms with Crippen molar-refractivity contribution in [2.24, 2.45) is 0 Å². The molecule has 1 aromatic heterocycles. The van der Waals surface area contributed by atoms with Gasteiger partial charge in [-0.3, -0.25) is 9.59 Å². The van der Waals surface area contributed by atoms with Crippen molar-refractivity contribution in [2.45, 2.75) is 26.2 Å². The van der Waals surface area contributed by atoms with E-state index >= 15 is 0 Å². The average Bonchev–Trinajstić information content (AvgIpc) is 3.68. The number of nitrogens with zero attached hydrogens (tertiary/aromatic N) is 2. The van der Waals surface area contributed by atoms with Gasteiger partial charge in [0.05, 0.1) is 44.7 Å². The molecule has 0 spiro atoms. The van der Waals surface area contributed by atoms with Gasteiger partial charge >= 0.3 is 12.4 Å². The SMILES string of the molecule is Cc1ccc(-c2cccc3c2c2c(-c4ccc(C(F)(F)F)cc4C(F)(F)F)cccc2n3-c2cccc3c2C(=O)N(c2ccc(-c4ccccc4)cc2)C3=O)c(C)c1. The van der Waals surface area contributed by atoms with Gasteiger partial charge in [-0.2, -0.15) is 26.3 Å². The Bertz CT molecular complexity index is 2980. The number of carbonyl (C=O) groups is 2. The van der Waals surface area contributed by atoms with Gasteiger partial charge in [0, 0.05) is 10.8 Å². The number of halogens is 6. The molecule has 2 amide bonds. The largest absolute Gasteiger partial charge is 0.417 e. The Morgan fingerprint density at radius 1 is 0.483 bits per heavy atom. The van der Waals surface area contributed by atoms with E-state index in [9.17, 15) is 35.9 Å². The lowest BCUT2D eigenvalue weighted by molar-refractivity contribution is -0.142. The molecule has 0 saturated carbocycles. The summed E-state index contributed by atoms with van der Waals surface area (Å²) in [7, 11) is 0. The number of carbonyl (C=O) groups excluding carboxylic acids is 2. The minimum absolute atomic E-state index is 0.0506. The third kappa shape index (κ3) is 5.86. The van der Waals surface area contributed by atoms with Crippen LogP contribution in [0, 0.1) is 13.8 Å². The smallest absolute Gasteiger partial charge is 0.308 e. The van der Waals surface area contributed by atoms with Crippen LogP contribution in [0.1, 0.15) is 43.0 Å². The number of aromatic nitrogens is 1. The van der Waals surface area contributed by atoms with Crippen molar-refractivity contribution in [3.63, 3.8) is 0 Å². The molecule has 1 aliphatic heterocycles. The predicted molar refractivity (Wildman–Crippen MR) is 214 cm³/mol. The zero-order valence-corrected chi connectivity index (χ0v) is 30.8. The second-order valence-electron chi connectivity index (χ2n) is 14.4. The quantitative estimate of drug-likeness (QED) is 0.129. The first-order valence-corrected chi connectivity index (χ1v) is 18.3. The fourth-order valence-corrected chi connectivity index (χ4v) is 8.24. The number of hydrogen-bond donors (Lipinski definition) is 0. The highest BCUT2D eigenvalue weighted by molar-refractivity contribution is 6.36. The minimum atomic E-state index is -5.14. The van der Waals surface area contributed by atoms with E-state index in [1.807, 2.05) is 86.6 Å². The number of benzene rings is 7. The number of imide groups is 1. The van der Waals surface area contributed by atoms with Crippen molar-refractivity contribution in [1.82, 2.24) is 4.57 Å². The average molecular weight is 781 g/mol. The molecule has 0 fully saturated rings. The molecular formula is C48H30F6N2O2. The molecule has 0 radical (unpaired) electrons. The highest BCUT2D eigenvalue weighted by atomic mass is 19.4. The van der Waals surface area contributed by atoms with Crippen LogP contribution in [0.4, 0.5) is 32.0 Å². The van der Waals surface area contributed by atoms with Crippen molar-refractivity contribution >= 4 is 39.3 Å². The Balaban J connectivity index is 1.31. The number of fused-ring (bicyclic) bond motifs is 4. The number of rotatable bonds is 5. The molecule has 0 saturated heterocycles. The molecular weight excluding hydrogens is 751 g/mol. The summed E-state index contributed by atoms with van der Waals surface area (Å²) >= 11 is 0. The Hall–Kier alpha value is -6.94. The van der Waals surface area contributed by atoms with E-state index in [-0.39, 0.29) is 22.8 Å². The molecule has 2 heterocycles. The highest BCUT2D eigenvalue weighted by Gasteiger charge is 2.41. The second-order valence-corrected chi connectivity index (χ2v) is 14.4. The van der Waals surface area contributed by atoms with E-state index in [2.05, 4.69) is 0 Å². The molecule has 0 bridgehead atoms. The van der Waals surface area contributed by atoms with Crippen LogP contribution in [0.2, 0.25) is 0 Å².